The van der Waals surface area contributed by atoms with Gasteiger partial charge in [-0.2, -0.15) is 5.26 Å². The number of aromatic nitrogens is 1. The smallest absolute Gasteiger partial charge is 0.257 e. The van der Waals surface area contributed by atoms with Crippen molar-refractivity contribution in [2.45, 2.75) is 6.92 Å². The van der Waals surface area contributed by atoms with Crippen LogP contribution in [0.1, 0.15) is 21.5 Å². The molecule has 0 aliphatic carbocycles. The lowest BCUT2D eigenvalue weighted by Gasteiger charge is -2.11. The van der Waals surface area contributed by atoms with Gasteiger partial charge in [0, 0.05) is 16.9 Å². The summed E-state index contributed by atoms with van der Waals surface area (Å²) >= 11 is 5.99. The summed E-state index contributed by atoms with van der Waals surface area (Å²) in [5.74, 6) is -0.292. The van der Waals surface area contributed by atoms with Gasteiger partial charge in [-0.3, -0.25) is 9.78 Å². The fraction of sp³-hybridized carbons (Fsp3) is 0.0500. The van der Waals surface area contributed by atoms with Crippen LogP contribution in [0, 0.1) is 18.3 Å². The normalized spacial score (nSPS) is 10.0. The zero-order valence-corrected chi connectivity index (χ0v) is 14.7. The zero-order valence-electron chi connectivity index (χ0n) is 14.0. The molecule has 3 rings (SSSR count). The summed E-state index contributed by atoms with van der Waals surface area (Å²) in [6.45, 7) is 1.89. The molecule has 1 aromatic heterocycles. The molecule has 0 atom stereocenters. The highest BCUT2D eigenvalue weighted by Gasteiger charge is 2.10. The number of benzene rings is 2. The van der Waals surface area contributed by atoms with Gasteiger partial charge >= 0.3 is 0 Å². The minimum atomic E-state index is -0.292. The van der Waals surface area contributed by atoms with Gasteiger partial charge in [0.05, 0.1) is 28.7 Å². The Balaban J connectivity index is 1.82. The third kappa shape index (κ3) is 4.00. The third-order valence-corrected chi connectivity index (χ3v) is 4.01. The van der Waals surface area contributed by atoms with Crippen LogP contribution in [0.4, 0.5) is 17.1 Å². The molecule has 1 amide bonds. The largest absolute Gasteiger partial charge is 0.353 e. The lowest BCUT2D eigenvalue weighted by atomic mass is 10.1. The van der Waals surface area contributed by atoms with Gasteiger partial charge in [-0.25, -0.2) is 0 Å². The Morgan fingerprint density at radius 1 is 1.12 bits per heavy atom. The van der Waals surface area contributed by atoms with Crippen LogP contribution in [0.3, 0.4) is 0 Å². The van der Waals surface area contributed by atoms with E-state index in [0.717, 1.165) is 5.56 Å². The molecule has 0 saturated carbocycles. The van der Waals surface area contributed by atoms with Crippen LogP contribution in [-0.4, -0.2) is 10.9 Å². The van der Waals surface area contributed by atoms with Gasteiger partial charge in [0.1, 0.15) is 6.07 Å². The average Bonchev–Trinajstić information content (AvgIpc) is 2.65. The molecule has 26 heavy (non-hydrogen) atoms. The predicted octanol–water partition coefficient (Wildman–Crippen LogP) is 4.91. The quantitative estimate of drug-likeness (QED) is 0.691. The van der Waals surface area contributed by atoms with Gasteiger partial charge in [0.15, 0.2) is 0 Å². The van der Waals surface area contributed by atoms with E-state index < -0.39 is 0 Å². The summed E-state index contributed by atoms with van der Waals surface area (Å²) < 4.78 is 0. The number of amides is 1. The Kier molecular flexibility index (Phi) is 5.16. The molecule has 0 radical (unpaired) electrons. The molecule has 2 aromatic carbocycles. The lowest BCUT2D eigenvalue weighted by Crippen LogP contribution is -2.13. The molecule has 0 unspecified atom stereocenters. The number of nitrogens with zero attached hydrogens (tertiary/aromatic N) is 2. The minimum Gasteiger partial charge on any atom is -0.353 e. The van der Waals surface area contributed by atoms with E-state index in [0.29, 0.717) is 33.2 Å². The van der Waals surface area contributed by atoms with Crippen LogP contribution in [-0.2, 0) is 0 Å². The van der Waals surface area contributed by atoms with Crippen LogP contribution in [0.15, 0.2) is 60.9 Å². The Bertz CT molecular complexity index is 1010. The first kappa shape index (κ1) is 17.5. The number of para-hydroxylation sites is 1. The standard InChI is InChI=1S/C20H15ClN4O/c1-13-6-7-16(21)9-19(13)25-20(26)15-8-17(12-23-11-15)24-18-5-3-2-4-14(18)10-22/h2-9,11-12,24H,1H3,(H,25,26). The van der Waals surface area contributed by atoms with Crippen molar-refractivity contribution in [1.29, 1.82) is 5.26 Å². The maximum Gasteiger partial charge on any atom is 0.257 e. The molecule has 0 spiro atoms. The van der Waals surface area contributed by atoms with E-state index in [2.05, 4.69) is 21.7 Å². The van der Waals surface area contributed by atoms with Crippen LogP contribution in [0.25, 0.3) is 0 Å². The fourth-order valence-corrected chi connectivity index (χ4v) is 2.57. The minimum absolute atomic E-state index is 0.292. The van der Waals surface area contributed by atoms with Crippen LogP contribution >= 0.6 is 11.6 Å². The highest BCUT2D eigenvalue weighted by molar-refractivity contribution is 6.31. The molecule has 3 aromatic rings. The molecule has 0 aliphatic rings. The van der Waals surface area contributed by atoms with Gasteiger partial charge in [-0.05, 0) is 42.8 Å². The number of carbonyl (C=O) groups excluding carboxylic acids is 1. The highest BCUT2D eigenvalue weighted by atomic mass is 35.5. The predicted molar refractivity (Wildman–Crippen MR) is 103 cm³/mol. The van der Waals surface area contributed by atoms with Crippen LogP contribution < -0.4 is 10.6 Å². The van der Waals surface area contributed by atoms with E-state index in [-0.39, 0.29) is 5.91 Å². The van der Waals surface area contributed by atoms with Crippen molar-refractivity contribution in [1.82, 2.24) is 4.98 Å². The average molecular weight is 363 g/mol. The molecule has 0 aliphatic heterocycles. The second-order valence-electron chi connectivity index (χ2n) is 5.66. The van der Waals surface area contributed by atoms with Gasteiger partial charge in [0.2, 0.25) is 0 Å². The van der Waals surface area contributed by atoms with E-state index in [1.165, 1.54) is 6.20 Å². The highest BCUT2D eigenvalue weighted by Crippen LogP contribution is 2.23. The maximum absolute atomic E-state index is 12.5. The van der Waals surface area contributed by atoms with Crippen molar-refractivity contribution < 1.29 is 4.79 Å². The molecule has 2 N–H and O–H groups in total. The van der Waals surface area contributed by atoms with Gasteiger partial charge in [0.25, 0.3) is 5.91 Å². The number of hydrogen-bond donors (Lipinski definition) is 2. The maximum atomic E-state index is 12.5. The topological polar surface area (TPSA) is 77.8 Å². The molecule has 0 fully saturated rings. The summed E-state index contributed by atoms with van der Waals surface area (Å²) in [4.78, 5) is 16.6. The van der Waals surface area contributed by atoms with Crippen molar-refractivity contribution >= 4 is 34.6 Å². The number of nitriles is 1. The van der Waals surface area contributed by atoms with Crippen molar-refractivity contribution in [3.05, 3.63) is 82.6 Å². The SMILES string of the molecule is Cc1ccc(Cl)cc1NC(=O)c1cncc(Nc2ccccc2C#N)c1. The Morgan fingerprint density at radius 2 is 1.92 bits per heavy atom. The number of nitrogens with one attached hydrogen (secondary N) is 2. The number of halogens is 1. The number of aryl methyl sites for hydroxylation is 1. The molecule has 5 nitrogen and oxygen atoms in total. The number of hydrogen-bond acceptors (Lipinski definition) is 4. The Morgan fingerprint density at radius 3 is 2.73 bits per heavy atom. The second kappa shape index (κ2) is 7.68. The third-order valence-electron chi connectivity index (χ3n) is 3.77. The molecule has 0 bridgehead atoms. The Hall–Kier alpha value is -3.36. The van der Waals surface area contributed by atoms with Gasteiger partial charge in [-0.15, -0.1) is 0 Å². The molecular weight excluding hydrogens is 348 g/mol. The van der Waals surface area contributed by atoms with Gasteiger partial charge in [-0.1, -0.05) is 29.8 Å². The van der Waals surface area contributed by atoms with E-state index in [9.17, 15) is 10.1 Å². The summed E-state index contributed by atoms with van der Waals surface area (Å²) in [5.41, 5.74) is 3.73. The first-order chi connectivity index (χ1) is 12.6. The molecule has 6 heteroatoms. The van der Waals surface area contributed by atoms with Crippen molar-refractivity contribution in [2.75, 3.05) is 10.6 Å². The van der Waals surface area contributed by atoms with Crippen LogP contribution in [0.5, 0.6) is 0 Å². The molecule has 0 saturated heterocycles. The number of pyridine rings is 1. The lowest BCUT2D eigenvalue weighted by molar-refractivity contribution is 0.102. The van der Waals surface area contributed by atoms with Crippen molar-refractivity contribution in [3.63, 3.8) is 0 Å². The first-order valence-corrected chi connectivity index (χ1v) is 8.23. The first-order valence-electron chi connectivity index (χ1n) is 7.85. The zero-order chi connectivity index (χ0) is 18.5. The monoisotopic (exact) mass is 362 g/mol. The van der Waals surface area contributed by atoms with E-state index >= 15 is 0 Å². The summed E-state index contributed by atoms with van der Waals surface area (Å²) in [6.07, 6.45) is 3.08. The van der Waals surface area contributed by atoms with Gasteiger partial charge < -0.3 is 10.6 Å². The number of anilines is 3. The molecular formula is C20H15ClN4O. The number of rotatable bonds is 4. The molecule has 128 valence electrons. The van der Waals surface area contributed by atoms with Crippen molar-refractivity contribution in [3.8, 4) is 6.07 Å². The number of carbonyl (C=O) groups is 1. The Labute approximate surface area is 156 Å². The second-order valence-corrected chi connectivity index (χ2v) is 6.09. The van der Waals surface area contributed by atoms with E-state index in [4.69, 9.17) is 11.6 Å². The summed E-state index contributed by atoms with van der Waals surface area (Å²) in [7, 11) is 0. The van der Waals surface area contributed by atoms with E-state index in [1.54, 1.807) is 42.6 Å². The van der Waals surface area contributed by atoms with E-state index in [1.807, 2.05) is 19.1 Å². The van der Waals surface area contributed by atoms with Crippen LogP contribution in [0.2, 0.25) is 5.02 Å². The molecule has 1 heterocycles. The summed E-state index contributed by atoms with van der Waals surface area (Å²) in [6, 6.07) is 16.2. The fourth-order valence-electron chi connectivity index (χ4n) is 2.40. The van der Waals surface area contributed by atoms with Crippen molar-refractivity contribution in [2.24, 2.45) is 0 Å². The summed E-state index contributed by atoms with van der Waals surface area (Å²) in [5, 5.41) is 15.7.